The van der Waals surface area contributed by atoms with Crippen molar-refractivity contribution in [2.24, 2.45) is 0 Å². The highest BCUT2D eigenvalue weighted by molar-refractivity contribution is 6.20. The molecule has 0 saturated carbocycles. The fraction of sp³-hybridized carbons (Fsp3) is 0.0714. The van der Waals surface area contributed by atoms with E-state index >= 15 is 0 Å². The van der Waals surface area contributed by atoms with Crippen LogP contribution >= 0.6 is 0 Å². The van der Waals surface area contributed by atoms with E-state index in [9.17, 15) is 20.2 Å². The zero-order valence-corrected chi connectivity index (χ0v) is 37.3. The van der Waals surface area contributed by atoms with Crippen molar-refractivity contribution in [1.29, 1.82) is 0 Å². The van der Waals surface area contributed by atoms with Gasteiger partial charge in [0.15, 0.2) is 0 Å². The third-order valence-electron chi connectivity index (χ3n) is 12.5. The Hall–Kier alpha value is -9.16. The number of nitrogens with zero attached hydrogens (tertiary/aromatic N) is 2. The van der Waals surface area contributed by atoms with Gasteiger partial charge in [0.1, 0.15) is 23.0 Å². The molecule has 0 spiro atoms. The summed E-state index contributed by atoms with van der Waals surface area (Å²) in [6, 6.07) is 51.4. The van der Waals surface area contributed by atoms with E-state index in [-0.39, 0.29) is 11.4 Å². The lowest BCUT2D eigenvalue weighted by molar-refractivity contribution is -0.385. The summed E-state index contributed by atoms with van der Waals surface area (Å²) in [5, 5.41) is 25.6. The fourth-order valence-electron chi connectivity index (χ4n) is 9.08. The van der Waals surface area contributed by atoms with Crippen LogP contribution in [0.5, 0.6) is 23.0 Å². The Bertz CT molecular complexity index is 3510. The van der Waals surface area contributed by atoms with E-state index in [4.69, 9.17) is 18.9 Å². The van der Waals surface area contributed by atoms with Crippen LogP contribution in [0.25, 0.3) is 99.8 Å². The molecule has 0 bridgehead atoms. The Morgan fingerprint density at radius 2 is 0.794 bits per heavy atom. The first kappa shape index (κ1) is 42.8. The second-order valence-electron chi connectivity index (χ2n) is 16.1. The predicted molar refractivity (Wildman–Crippen MR) is 268 cm³/mol. The number of non-ortho nitro benzene ring substituents is 2. The van der Waals surface area contributed by atoms with E-state index in [1.807, 2.05) is 103 Å². The average molecular weight is 899 g/mol. The van der Waals surface area contributed by atoms with E-state index in [1.165, 1.54) is 24.3 Å². The number of fused-ring (bicyclic) bond motifs is 2. The van der Waals surface area contributed by atoms with E-state index in [2.05, 4.69) is 28.2 Å². The lowest BCUT2D eigenvalue weighted by Crippen LogP contribution is -1.94. The van der Waals surface area contributed by atoms with Crippen LogP contribution in [0.4, 0.5) is 11.4 Å². The third-order valence-corrected chi connectivity index (χ3v) is 12.5. The molecule has 0 unspecified atom stereocenters. The van der Waals surface area contributed by atoms with Crippen LogP contribution < -0.4 is 18.9 Å². The lowest BCUT2D eigenvalue weighted by atomic mass is 9.85. The van der Waals surface area contributed by atoms with Crippen molar-refractivity contribution >= 4 is 33.2 Å². The molecule has 0 aliphatic carbocycles. The molecular weight excluding hydrogens is 857 g/mol. The molecule has 0 aliphatic rings. The number of nitrogens with one attached hydrogen (secondary N) is 2. The lowest BCUT2D eigenvalue weighted by Gasteiger charge is -2.18. The number of H-pyrrole nitrogens is 2. The van der Waals surface area contributed by atoms with Crippen LogP contribution in [-0.4, -0.2) is 48.3 Å². The molecule has 0 atom stereocenters. The van der Waals surface area contributed by atoms with Crippen molar-refractivity contribution in [1.82, 2.24) is 9.97 Å². The minimum atomic E-state index is -0.406. The summed E-state index contributed by atoms with van der Waals surface area (Å²) in [5.74, 6) is 2.84. The number of benzene rings is 8. The maximum absolute atomic E-state index is 12.1. The van der Waals surface area contributed by atoms with Gasteiger partial charge in [-0.2, -0.15) is 0 Å². The molecule has 0 amide bonds. The average Bonchev–Trinajstić information content (AvgIpc) is 4.01. The van der Waals surface area contributed by atoms with Crippen molar-refractivity contribution in [2.75, 3.05) is 28.4 Å². The molecule has 0 fully saturated rings. The van der Waals surface area contributed by atoms with Crippen LogP contribution in [0.15, 0.2) is 170 Å². The summed E-state index contributed by atoms with van der Waals surface area (Å²) in [5.41, 5.74) is 13.7. The van der Waals surface area contributed by atoms with Gasteiger partial charge in [0.05, 0.1) is 49.5 Å². The number of nitro benzene ring substituents is 2. The van der Waals surface area contributed by atoms with Gasteiger partial charge in [-0.05, 0) is 147 Å². The number of ether oxygens (including phenoxy) is 4. The molecule has 2 N–H and O–H groups in total. The minimum Gasteiger partial charge on any atom is -0.497 e. The van der Waals surface area contributed by atoms with Gasteiger partial charge in [-0.3, -0.25) is 20.2 Å². The Morgan fingerprint density at radius 1 is 0.397 bits per heavy atom. The van der Waals surface area contributed by atoms with Crippen molar-refractivity contribution in [2.45, 2.75) is 0 Å². The van der Waals surface area contributed by atoms with Crippen LogP contribution in [0.3, 0.4) is 0 Å². The van der Waals surface area contributed by atoms with Crippen LogP contribution in [-0.2, 0) is 0 Å². The third kappa shape index (κ3) is 7.69. The number of aromatic amines is 2. The van der Waals surface area contributed by atoms with E-state index in [1.54, 1.807) is 52.7 Å². The van der Waals surface area contributed by atoms with E-state index in [0.29, 0.717) is 17.2 Å². The SMILES string of the molecule is COc1ccc(-c2cc(-c3ccc(OC)cc3)c3c(-c4ccc([N+](=O)[O-])cc4)c(-c4c(-c5ccc(OC)cc5)cc(-c5ccc(OC)cc5)c5c(-c6ccc([N+](=O)[O-])cc6)c[nH]c45)[nH]c3c2)cc1. The molecular formula is C56H42N4O8. The summed E-state index contributed by atoms with van der Waals surface area (Å²) < 4.78 is 22.3. The van der Waals surface area contributed by atoms with Gasteiger partial charge in [0.2, 0.25) is 0 Å². The van der Waals surface area contributed by atoms with Crippen LogP contribution in [0, 0.1) is 20.2 Å². The Balaban J connectivity index is 1.37. The van der Waals surface area contributed by atoms with Crippen LogP contribution in [0.2, 0.25) is 0 Å². The highest BCUT2D eigenvalue weighted by Gasteiger charge is 2.28. The molecule has 12 nitrogen and oxygen atoms in total. The molecule has 10 aromatic rings. The van der Waals surface area contributed by atoms with Gasteiger partial charge in [0, 0.05) is 63.4 Å². The molecule has 2 heterocycles. The van der Waals surface area contributed by atoms with Gasteiger partial charge in [0.25, 0.3) is 11.4 Å². The van der Waals surface area contributed by atoms with Gasteiger partial charge in [-0.15, -0.1) is 0 Å². The molecule has 0 aliphatic heterocycles. The first-order chi connectivity index (χ1) is 33.2. The molecule has 0 saturated heterocycles. The number of methoxy groups -OCH3 is 4. The molecule has 68 heavy (non-hydrogen) atoms. The Morgan fingerprint density at radius 3 is 1.25 bits per heavy atom. The van der Waals surface area contributed by atoms with Gasteiger partial charge in [-0.1, -0.05) is 48.5 Å². The number of hydrogen-bond donors (Lipinski definition) is 2. The first-order valence-electron chi connectivity index (χ1n) is 21.6. The maximum Gasteiger partial charge on any atom is 0.269 e. The highest BCUT2D eigenvalue weighted by Crippen LogP contribution is 2.52. The van der Waals surface area contributed by atoms with Crippen molar-refractivity contribution < 1.29 is 28.8 Å². The summed E-state index contributed by atoms with van der Waals surface area (Å²) in [4.78, 5) is 30.7. The Kier molecular flexibility index (Phi) is 11.1. The fourth-order valence-corrected chi connectivity index (χ4v) is 9.08. The molecule has 8 aromatic carbocycles. The summed E-state index contributed by atoms with van der Waals surface area (Å²) in [6.07, 6.45) is 1.94. The quantitative estimate of drug-likeness (QED) is 0.0856. The van der Waals surface area contributed by atoms with E-state index < -0.39 is 9.85 Å². The minimum absolute atomic E-state index is 0.0149. The topological polar surface area (TPSA) is 155 Å². The van der Waals surface area contributed by atoms with Gasteiger partial charge >= 0.3 is 0 Å². The monoisotopic (exact) mass is 898 g/mol. The second-order valence-corrected chi connectivity index (χ2v) is 16.1. The smallest absolute Gasteiger partial charge is 0.269 e. The normalized spacial score (nSPS) is 11.2. The number of nitro groups is 2. The summed E-state index contributed by atoms with van der Waals surface area (Å²) >= 11 is 0. The molecule has 10 rings (SSSR count). The number of hydrogen-bond acceptors (Lipinski definition) is 8. The number of aromatic nitrogens is 2. The standard InChI is InChI=1S/C56H42N4O8/c1-65-42-21-9-33(10-22-42)39-29-46(34-11-23-43(66-2)24-12-34)53-50(30-39)58-56(51(53)38-7-19-41(20-8-38)60(63)64)54-48(36-15-27-45(68-4)28-16-36)31-47(35-13-25-44(67-3)26-14-35)52-49(32-57-55(52)54)37-5-17-40(18-6-37)59(61)62/h5-32,57-58H,1-4H3. The first-order valence-corrected chi connectivity index (χ1v) is 21.6. The second kappa shape index (κ2) is 17.7. The maximum atomic E-state index is 12.1. The molecule has 2 aromatic heterocycles. The Labute approximate surface area is 390 Å². The van der Waals surface area contributed by atoms with E-state index in [0.717, 1.165) is 106 Å². The predicted octanol–water partition coefficient (Wildman–Crippen LogP) is 14.2. The largest absolute Gasteiger partial charge is 0.497 e. The van der Waals surface area contributed by atoms with Gasteiger partial charge in [-0.25, -0.2) is 0 Å². The summed E-state index contributed by atoms with van der Waals surface area (Å²) in [7, 11) is 6.54. The zero-order valence-electron chi connectivity index (χ0n) is 37.3. The van der Waals surface area contributed by atoms with Crippen molar-refractivity contribution in [3.05, 3.63) is 190 Å². The number of rotatable bonds is 13. The zero-order chi connectivity index (χ0) is 47.1. The molecule has 334 valence electrons. The van der Waals surface area contributed by atoms with Gasteiger partial charge < -0.3 is 28.9 Å². The molecule has 12 heteroatoms. The van der Waals surface area contributed by atoms with Crippen molar-refractivity contribution in [3.8, 4) is 101 Å². The molecule has 0 radical (unpaired) electrons. The van der Waals surface area contributed by atoms with Crippen molar-refractivity contribution in [3.63, 3.8) is 0 Å². The highest BCUT2D eigenvalue weighted by atomic mass is 16.6. The van der Waals surface area contributed by atoms with Crippen LogP contribution in [0.1, 0.15) is 0 Å². The summed E-state index contributed by atoms with van der Waals surface area (Å²) in [6.45, 7) is 0.